The average molecular weight is 229 g/mol. The third kappa shape index (κ3) is 2.45. The summed E-state index contributed by atoms with van der Waals surface area (Å²) in [7, 11) is 1.77. The zero-order chi connectivity index (χ0) is 12.3. The standard InChI is InChI=1S/C13H15N3O/c1-16(13(17)12-3-2-8-15-12)11-6-4-10(9-14)5-7-11/h4-7,12,15H,2-3,8H2,1H3/t12-/m1/s1. The minimum absolute atomic E-state index is 0.0596. The van der Waals surface area contributed by atoms with Crippen molar-refractivity contribution in [3.8, 4) is 6.07 Å². The molecule has 0 aromatic heterocycles. The van der Waals surface area contributed by atoms with E-state index < -0.39 is 0 Å². The topological polar surface area (TPSA) is 56.1 Å². The van der Waals surface area contributed by atoms with Crippen molar-refractivity contribution < 1.29 is 4.79 Å². The average Bonchev–Trinajstić information content (AvgIpc) is 2.91. The number of carbonyl (C=O) groups excluding carboxylic acids is 1. The van der Waals surface area contributed by atoms with Crippen molar-refractivity contribution in [2.45, 2.75) is 18.9 Å². The van der Waals surface area contributed by atoms with Crippen molar-refractivity contribution in [1.82, 2.24) is 5.32 Å². The van der Waals surface area contributed by atoms with Crippen LogP contribution in [0.4, 0.5) is 5.69 Å². The lowest BCUT2D eigenvalue weighted by molar-refractivity contribution is -0.119. The van der Waals surface area contributed by atoms with E-state index in [1.54, 1.807) is 36.2 Å². The predicted octanol–water partition coefficient (Wildman–Crippen LogP) is 1.27. The molecule has 0 bridgehead atoms. The van der Waals surface area contributed by atoms with Gasteiger partial charge in [-0.05, 0) is 43.7 Å². The summed E-state index contributed by atoms with van der Waals surface area (Å²) in [5.41, 5.74) is 1.43. The van der Waals surface area contributed by atoms with Gasteiger partial charge in [-0.3, -0.25) is 4.79 Å². The monoisotopic (exact) mass is 229 g/mol. The van der Waals surface area contributed by atoms with Crippen molar-refractivity contribution in [2.75, 3.05) is 18.5 Å². The Morgan fingerprint density at radius 3 is 2.71 bits per heavy atom. The van der Waals surface area contributed by atoms with Gasteiger partial charge in [-0.2, -0.15) is 5.26 Å². The zero-order valence-corrected chi connectivity index (χ0v) is 9.81. The van der Waals surface area contributed by atoms with Crippen LogP contribution in [0.15, 0.2) is 24.3 Å². The third-order valence-corrected chi connectivity index (χ3v) is 3.07. The van der Waals surface area contributed by atoms with Crippen LogP contribution in [0.5, 0.6) is 0 Å². The third-order valence-electron chi connectivity index (χ3n) is 3.07. The number of likely N-dealkylation sites (N-methyl/N-ethyl adjacent to an activating group) is 1. The summed E-state index contributed by atoms with van der Waals surface area (Å²) in [5.74, 6) is 0.0900. The number of anilines is 1. The van der Waals surface area contributed by atoms with E-state index in [1.165, 1.54) is 0 Å². The summed E-state index contributed by atoms with van der Waals surface area (Å²) >= 11 is 0. The van der Waals surface area contributed by atoms with Crippen LogP contribution in [-0.4, -0.2) is 25.5 Å². The Hall–Kier alpha value is -1.86. The molecule has 4 nitrogen and oxygen atoms in total. The molecular formula is C13H15N3O. The van der Waals surface area contributed by atoms with Crippen LogP contribution in [0.3, 0.4) is 0 Å². The van der Waals surface area contributed by atoms with Crippen molar-refractivity contribution in [3.63, 3.8) is 0 Å². The number of hydrogen-bond donors (Lipinski definition) is 1. The van der Waals surface area contributed by atoms with Gasteiger partial charge in [0.2, 0.25) is 5.91 Å². The second-order valence-corrected chi connectivity index (χ2v) is 4.20. The van der Waals surface area contributed by atoms with Gasteiger partial charge < -0.3 is 10.2 Å². The molecule has 0 unspecified atom stereocenters. The van der Waals surface area contributed by atoms with E-state index in [2.05, 4.69) is 11.4 Å². The fraction of sp³-hybridized carbons (Fsp3) is 0.385. The molecule has 1 aromatic carbocycles. The van der Waals surface area contributed by atoms with Crippen LogP contribution in [0.1, 0.15) is 18.4 Å². The number of benzene rings is 1. The van der Waals surface area contributed by atoms with Gasteiger partial charge in [-0.15, -0.1) is 0 Å². The van der Waals surface area contributed by atoms with Crippen LogP contribution in [0.25, 0.3) is 0 Å². The molecule has 0 saturated carbocycles. The molecule has 1 aliphatic rings. The Kier molecular flexibility index (Phi) is 3.40. The molecule has 4 heteroatoms. The molecule has 0 spiro atoms. The minimum Gasteiger partial charge on any atom is -0.314 e. The minimum atomic E-state index is -0.0596. The summed E-state index contributed by atoms with van der Waals surface area (Å²) in [6.45, 7) is 0.914. The Morgan fingerprint density at radius 2 is 2.18 bits per heavy atom. The summed E-state index contributed by atoms with van der Waals surface area (Å²) in [6, 6.07) is 9.04. The molecule has 17 heavy (non-hydrogen) atoms. The number of nitriles is 1. The van der Waals surface area contributed by atoms with Gasteiger partial charge in [-0.25, -0.2) is 0 Å². The highest BCUT2D eigenvalue weighted by atomic mass is 16.2. The molecular weight excluding hydrogens is 214 g/mol. The smallest absolute Gasteiger partial charge is 0.243 e. The van der Waals surface area contributed by atoms with Crippen molar-refractivity contribution in [1.29, 1.82) is 5.26 Å². The van der Waals surface area contributed by atoms with E-state index in [0.29, 0.717) is 5.56 Å². The summed E-state index contributed by atoms with van der Waals surface area (Å²) < 4.78 is 0. The lowest BCUT2D eigenvalue weighted by Gasteiger charge is -2.21. The Balaban J connectivity index is 2.10. The first kappa shape index (κ1) is 11.6. The van der Waals surface area contributed by atoms with Crippen LogP contribution in [0.2, 0.25) is 0 Å². The number of carbonyl (C=O) groups is 1. The summed E-state index contributed by atoms with van der Waals surface area (Å²) in [5, 5.41) is 11.9. The molecule has 2 rings (SSSR count). The first-order chi connectivity index (χ1) is 8.22. The van der Waals surface area contributed by atoms with Gasteiger partial charge in [0.05, 0.1) is 17.7 Å². The number of nitrogens with one attached hydrogen (secondary N) is 1. The highest BCUT2D eigenvalue weighted by Gasteiger charge is 2.25. The second kappa shape index (κ2) is 4.98. The maximum Gasteiger partial charge on any atom is 0.243 e. The van der Waals surface area contributed by atoms with E-state index >= 15 is 0 Å². The lowest BCUT2D eigenvalue weighted by Crippen LogP contribution is -2.41. The highest BCUT2D eigenvalue weighted by molar-refractivity contribution is 5.96. The number of amides is 1. The molecule has 0 radical (unpaired) electrons. The van der Waals surface area contributed by atoms with Gasteiger partial charge in [0.25, 0.3) is 0 Å². The predicted molar refractivity (Wildman–Crippen MR) is 65.6 cm³/mol. The number of hydrogen-bond acceptors (Lipinski definition) is 3. The van der Waals surface area contributed by atoms with Gasteiger partial charge in [0, 0.05) is 12.7 Å². The van der Waals surface area contributed by atoms with Crippen molar-refractivity contribution in [3.05, 3.63) is 29.8 Å². The normalized spacial score (nSPS) is 18.7. The fourth-order valence-corrected chi connectivity index (χ4v) is 2.02. The van der Waals surface area contributed by atoms with E-state index in [4.69, 9.17) is 5.26 Å². The molecule has 1 saturated heterocycles. The van der Waals surface area contributed by atoms with E-state index in [1.807, 2.05) is 0 Å². The molecule has 1 fully saturated rings. The lowest BCUT2D eigenvalue weighted by atomic mass is 10.1. The second-order valence-electron chi connectivity index (χ2n) is 4.20. The van der Waals surface area contributed by atoms with Crippen molar-refractivity contribution >= 4 is 11.6 Å². The maximum absolute atomic E-state index is 12.1. The Morgan fingerprint density at radius 1 is 1.47 bits per heavy atom. The fourth-order valence-electron chi connectivity index (χ4n) is 2.02. The maximum atomic E-state index is 12.1. The molecule has 1 heterocycles. The zero-order valence-electron chi connectivity index (χ0n) is 9.81. The quantitative estimate of drug-likeness (QED) is 0.831. The van der Waals surface area contributed by atoms with Crippen LogP contribution in [0, 0.1) is 11.3 Å². The summed E-state index contributed by atoms with van der Waals surface area (Å²) in [4.78, 5) is 13.7. The molecule has 1 aromatic rings. The molecule has 1 N–H and O–H groups in total. The van der Waals surface area contributed by atoms with E-state index in [-0.39, 0.29) is 11.9 Å². The van der Waals surface area contributed by atoms with E-state index in [0.717, 1.165) is 25.1 Å². The Labute approximate surface area is 101 Å². The van der Waals surface area contributed by atoms with Gasteiger partial charge >= 0.3 is 0 Å². The van der Waals surface area contributed by atoms with Gasteiger partial charge in [0.15, 0.2) is 0 Å². The molecule has 1 aliphatic heterocycles. The summed E-state index contributed by atoms with van der Waals surface area (Å²) in [6.07, 6.45) is 1.96. The van der Waals surface area contributed by atoms with E-state index in [9.17, 15) is 4.79 Å². The van der Waals surface area contributed by atoms with Crippen molar-refractivity contribution in [2.24, 2.45) is 0 Å². The van der Waals surface area contributed by atoms with Crippen LogP contribution < -0.4 is 10.2 Å². The van der Waals surface area contributed by atoms with Gasteiger partial charge in [0.1, 0.15) is 0 Å². The largest absolute Gasteiger partial charge is 0.314 e. The highest BCUT2D eigenvalue weighted by Crippen LogP contribution is 2.16. The van der Waals surface area contributed by atoms with Crippen LogP contribution >= 0.6 is 0 Å². The number of nitrogens with zero attached hydrogens (tertiary/aromatic N) is 2. The molecule has 88 valence electrons. The SMILES string of the molecule is CN(C(=O)[C@H]1CCCN1)c1ccc(C#N)cc1. The molecule has 0 aliphatic carbocycles. The van der Waals surface area contributed by atoms with Crippen LogP contribution in [-0.2, 0) is 4.79 Å². The number of rotatable bonds is 2. The first-order valence-corrected chi connectivity index (χ1v) is 5.73. The molecule has 1 amide bonds. The van der Waals surface area contributed by atoms with Gasteiger partial charge in [-0.1, -0.05) is 0 Å². The Bertz CT molecular complexity index is 441. The molecule has 1 atom stereocenters. The first-order valence-electron chi connectivity index (χ1n) is 5.73.